The molecule has 4 heteroatoms. The van der Waals surface area contributed by atoms with Gasteiger partial charge in [0.1, 0.15) is 0 Å². The molecule has 1 saturated carbocycles. The maximum atomic E-state index is 13.2. The second-order valence-corrected chi connectivity index (χ2v) is 9.67. The predicted molar refractivity (Wildman–Crippen MR) is 112 cm³/mol. The fraction of sp³-hybridized carbons (Fsp3) is 0.409. The van der Waals surface area contributed by atoms with Crippen LogP contribution in [0.2, 0.25) is 0 Å². The number of hydrogen-bond acceptors (Lipinski definition) is 2. The molecule has 1 aliphatic carbocycles. The lowest BCUT2D eigenvalue weighted by Gasteiger charge is -2.42. The molecule has 0 radical (unpaired) electrons. The summed E-state index contributed by atoms with van der Waals surface area (Å²) in [5.41, 5.74) is 2.08. The highest BCUT2D eigenvalue weighted by Gasteiger charge is 2.31. The van der Waals surface area contributed by atoms with Gasteiger partial charge in [-0.05, 0) is 54.8 Å². The first kappa shape index (κ1) is 17.5. The average molecular weight is 369 g/mol. The van der Waals surface area contributed by atoms with Crippen LogP contribution < -0.4 is 9.62 Å². The molecule has 1 unspecified atom stereocenters. The largest absolute Gasteiger partial charge is 0.370 e. The van der Waals surface area contributed by atoms with Gasteiger partial charge in [-0.3, -0.25) is 0 Å². The van der Waals surface area contributed by atoms with Gasteiger partial charge < -0.3 is 9.62 Å². The molecule has 2 aromatic rings. The third-order valence-electron chi connectivity index (χ3n) is 5.93. The first-order valence-corrected chi connectivity index (χ1v) is 11.4. The van der Waals surface area contributed by atoms with Gasteiger partial charge in [0.2, 0.25) is 0 Å². The molecule has 3 atom stereocenters. The van der Waals surface area contributed by atoms with Gasteiger partial charge in [0.15, 0.2) is 0 Å². The van der Waals surface area contributed by atoms with Crippen molar-refractivity contribution in [1.82, 2.24) is 0 Å². The van der Waals surface area contributed by atoms with E-state index in [9.17, 15) is 4.21 Å². The molecule has 0 aromatic heterocycles. The topological polar surface area (TPSA) is 32.3 Å². The van der Waals surface area contributed by atoms with E-state index >= 15 is 0 Å². The van der Waals surface area contributed by atoms with E-state index in [1.807, 2.05) is 42.5 Å². The summed E-state index contributed by atoms with van der Waals surface area (Å²) in [7, 11) is -2.57. The molecule has 0 spiro atoms. The summed E-state index contributed by atoms with van der Waals surface area (Å²) < 4.78 is 16.4. The van der Waals surface area contributed by atoms with E-state index in [-0.39, 0.29) is 0 Å². The van der Waals surface area contributed by atoms with Crippen molar-refractivity contribution in [3.05, 3.63) is 54.6 Å². The zero-order chi connectivity index (χ0) is 18.0. The summed E-state index contributed by atoms with van der Waals surface area (Å²) in [6, 6.07) is 17.7. The Bertz CT molecular complexity index is 847. The Kier molecular flexibility index (Phi) is 4.94. The van der Waals surface area contributed by atoms with Crippen molar-refractivity contribution in [2.45, 2.75) is 37.0 Å². The quantitative estimate of drug-likeness (QED) is 0.786. The Labute approximate surface area is 157 Å². The molecule has 3 nitrogen and oxygen atoms in total. The highest BCUT2D eigenvalue weighted by Crippen LogP contribution is 2.39. The summed E-state index contributed by atoms with van der Waals surface area (Å²) >= 11 is 0. The summed E-state index contributed by atoms with van der Waals surface area (Å²) in [5, 5.41) is 0. The number of hydrogen-bond donors (Lipinski definition) is 1. The first-order valence-electron chi connectivity index (χ1n) is 9.67. The Morgan fingerprint density at radius 1 is 0.923 bits per heavy atom. The van der Waals surface area contributed by atoms with Gasteiger partial charge in [-0.15, -0.1) is 0 Å². The van der Waals surface area contributed by atoms with Gasteiger partial charge in [0, 0.05) is 18.0 Å². The average Bonchev–Trinajstić information content (AvgIpc) is 2.68. The molecular weight excluding hydrogens is 340 g/mol. The van der Waals surface area contributed by atoms with Crippen LogP contribution in [0.1, 0.15) is 32.1 Å². The fourth-order valence-corrected chi connectivity index (χ4v) is 5.77. The van der Waals surface area contributed by atoms with Crippen LogP contribution in [0.15, 0.2) is 59.5 Å². The molecule has 0 amide bonds. The van der Waals surface area contributed by atoms with Gasteiger partial charge in [-0.2, -0.15) is 0 Å². The van der Waals surface area contributed by atoms with Crippen molar-refractivity contribution in [1.29, 1.82) is 0 Å². The zero-order valence-electron chi connectivity index (χ0n) is 15.3. The fourth-order valence-electron chi connectivity index (χ4n) is 4.53. The molecule has 1 N–H and O–H groups in total. The second kappa shape index (κ2) is 7.36. The lowest BCUT2D eigenvalue weighted by atomic mass is 9.75. The van der Waals surface area contributed by atoms with Gasteiger partial charge in [-0.1, -0.05) is 49.6 Å². The summed E-state index contributed by atoms with van der Waals surface area (Å²) in [4.78, 5) is 3.22. The van der Waals surface area contributed by atoms with E-state index in [2.05, 4.69) is 27.6 Å². The van der Waals surface area contributed by atoms with E-state index in [1.54, 1.807) is 0 Å². The number of rotatable bonds is 4. The van der Waals surface area contributed by atoms with Crippen LogP contribution in [0.4, 0.5) is 11.4 Å². The Hall–Kier alpha value is -1.94. The molecule has 4 rings (SSSR count). The molecule has 1 aliphatic heterocycles. The maximum Gasteiger partial charge on any atom is 0.0739 e. The van der Waals surface area contributed by atoms with Crippen LogP contribution >= 0.6 is 0 Å². The molecule has 2 aliphatic rings. The molecule has 2 aromatic carbocycles. The van der Waals surface area contributed by atoms with Crippen LogP contribution in [-0.4, -0.2) is 23.2 Å². The lowest BCUT2D eigenvalue weighted by molar-refractivity contribution is 0.202. The number of nitrogens with one attached hydrogen (secondary N) is 1. The first-order chi connectivity index (χ1) is 12.6. The second-order valence-electron chi connectivity index (χ2n) is 7.65. The minimum absolute atomic E-state index is 0.737. The highest BCUT2D eigenvalue weighted by atomic mass is 32.2. The van der Waals surface area contributed by atoms with Gasteiger partial charge in [-0.25, -0.2) is 4.21 Å². The monoisotopic (exact) mass is 368 g/mol. The van der Waals surface area contributed by atoms with Gasteiger partial charge in [0.05, 0.1) is 21.1 Å². The summed E-state index contributed by atoms with van der Waals surface area (Å²) in [5.74, 6) is 5.70. The van der Waals surface area contributed by atoms with E-state index in [0.717, 1.165) is 41.2 Å². The minimum Gasteiger partial charge on any atom is -0.370 e. The Balaban J connectivity index is 1.57. The van der Waals surface area contributed by atoms with Crippen LogP contribution in [0.25, 0.3) is 0 Å². The molecule has 26 heavy (non-hydrogen) atoms. The number of fused-ring (bicyclic) bond motifs is 1. The van der Waals surface area contributed by atoms with Crippen LogP contribution in [0, 0.1) is 11.8 Å². The van der Waals surface area contributed by atoms with E-state index in [1.165, 1.54) is 32.1 Å². The molecule has 138 valence electrons. The highest BCUT2D eigenvalue weighted by molar-refractivity contribution is 8.01. The van der Waals surface area contributed by atoms with E-state index in [0.29, 0.717) is 0 Å². The molecule has 1 heterocycles. The maximum absolute atomic E-state index is 13.2. The smallest absolute Gasteiger partial charge is 0.0739 e. The third kappa shape index (κ3) is 3.61. The number of nitrogens with zero attached hydrogens (tertiary/aromatic N) is 1. The number of anilines is 2. The van der Waals surface area contributed by atoms with E-state index < -0.39 is 9.71 Å². The van der Waals surface area contributed by atoms with Crippen LogP contribution in [0.5, 0.6) is 0 Å². The molecule has 2 fully saturated rings. The SMILES string of the molecule is C=S(=O)(Nc1ccccc1N1CC[C@H]2CCCC[C@@H]2C1)c1ccccc1. The van der Waals surface area contributed by atoms with Crippen molar-refractivity contribution in [2.75, 3.05) is 22.7 Å². The Morgan fingerprint density at radius 3 is 2.42 bits per heavy atom. The summed E-state index contributed by atoms with van der Waals surface area (Å²) in [6.45, 7) is 2.20. The molecule has 0 bridgehead atoms. The van der Waals surface area contributed by atoms with Crippen LogP contribution in [-0.2, 0) is 9.71 Å². The van der Waals surface area contributed by atoms with Crippen molar-refractivity contribution in [3.8, 4) is 0 Å². The minimum atomic E-state index is -2.57. The van der Waals surface area contributed by atoms with E-state index in [4.69, 9.17) is 0 Å². The molecular formula is C22H28N2OS. The predicted octanol–water partition coefficient (Wildman–Crippen LogP) is 4.81. The van der Waals surface area contributed by atoms with Crippen molar-refractivity contribution < 1.29 is 4.21 Å². The molecule has 1 saturated heterocycles. The third-order valence-corrected chi connectivity index (χ3v) is 7.52. The number of para-hydroxylation sites is 2. The van der Waals surface area contributed by atoms with Crippen molar-refractivity contribution >= 4 is 27.0 Å². The van der Waals surface area contributed by atoms with Gasteiger partial charge in [0.25, 0.3) is 0 Å². The van der Waals surface area contributed by atoms with Crippen molar-refractivity contribution in [3.63, 3.8) is 0 Å². The van der Waals surface area contributed by atoms with Crippen molar-refractivity contribution in [2.24, 2.45) is 11.8 Å². The standard InChI is InChI=1S/C22H28N2OS/c1-26(25,20-11-3-2-4-12-20)23-21-13-7-8-14-22(21)24-16-15-18-9-5-6-10-19(18)17-24/h2-4,7-8,11-14,18-19H,1,5-6,9-10,15-17H2,(H,23,25)/t18-,19-,26?/m1/s1. The Morgan fingerprint density at radius 2 is 1.62 bits per heavy atom. The normalized spacial score (nSPS) is 25.2. The van der Waals surface area contributed by atoms with Crippen LogP contribution in [0.3, 0.4) is 0 Å². The van der Waals surface area contributed by atoms with Gasteiger partial charge >= 0.3 is 0 Å². The number of piperidine rings is 1. The number of benzene rings is 2. The zero-order valence-corrected chi connectivity index (χ0v) is 16.1. The summed E-state index contributed by atoms with van der Waals surface area (Å²) in [6.07, 6.45) is 6.80. The lowest BCUT2D eigenvalue weighted by Crippen LogP contribution is -2.42.